The molecule has 104 valence electrons. The molecule has 1 heterocycles. The van der Waals surface area contributed by atoms with E-state index in [1.807, 2.05) is 19.1 Å². The number of amides is 1. The number of aliphatic hydroxyl groups excluding tert-OH is 1. The summed E-state index contributed by atoms with van der Waals surface area (Å²) in [4.78, 5) is 13.2. The highest BCUT2D eigenvalue weighted by molar-refractivity contribution is 5.80. The van der Waals surface area contributed by atoms with E-state index in [0.717, 1.165) is 16.9 Å². The number of hydrogen-bond donors (Lipinski definition) is 2. The highest BCUT2D eigenvalue weighted by Gasteiger charge is 2.20. The van der Waals surface area contributed by atoms with Gasteiger partial charge in [0.25, 0.3) is 5.91 Å². The molecule has 0 saturated carbocycles. The van der Waals surface area contributed by atoms with Crippen LogP contribution >= 0.6 is 0 Å². The van der Waals surface area contributed by atoms with Gasteiger partial charge in [-0.1, -0.05) is 0 Å². The molecule has 0 aliphatic carbocycles. The summed E-state index contributed by atoms with van der Waals surface area (Å²) in [6.07, 6.45) is -1.15. The first-order valence-corrected chi connectivity index (χ1v) is 6.05. The fourth-order valence-corrected chi connectivity index (χ4v) is 1.94. The number of carbonyl (C=O) groups is 1. The number of nitrogens with two attached hydrogens (primary N) is 1. The normalized spacial score (nSPS) is 14.3. The molecule has 1 aromatic rings. The molecule has 0 spiro atoms. The largest absolute Gasteiger partial charge is 0.454 e. The van der Waals surface area contributed by atoms with Crippen molar-refractivity contribution in [3.63, 3.8) is 0 Å². The van der Waals surface area contributed by atoms with Crippen molar-refractivity contribution in [1.82, 2.24) is 4.90 Å². The van der Waals surface area contributed by atoms with E-state index in [9.17, 15) is 9.90 Å². The highest BCUT2D eigenvalue weighted by Crippen LogP contribution is 2.34. The average Bonchev–Trinajstić information content (AvgIpc) is 2.84. The molecule has 0 bridgehead atoms. The van der Waals surface area contributed by atoms with Gasteiger partial charge in [-0.15, -0.1) is 0 Å². The first kappa shape index (κ1) is 13.6. The Kier molecular flexibility index (Phi) is 3.92. The second-order valence-corrected chi connectivity index (χ2v) is 4.58. The number of hydrogen-bond acceptors (Lipinski definition) is 5. The van der Waals surface area contributed by atoms with E-state index in [4.69, 9.17) is 15.2 Å². The number of fused-ring (bicyclic) bond motifs is 1. The molecule has 2 rings (SSSR count). The molecule has 6 heteroatoms. The number of aliphatic hydroxyl groups is 1. The topological polar surface area (TPSA) is 85.0 Å². The van der Waals surface area contributed by atoms with Crippen molar-refractivity contribution in [2.75, 3.05) is 20.4 Å². The summed E-state index contributed by atoms with van der Waals surface area (Å²) in [6.45, 7) is 2.47. The van der Waals surface area contributed by atoms with Gasteiger partial charge in [0.05, 0.1) is 0 Å². The van der Waals surface area contributed by atoms with E-state index in [2.05, 4.69) is 0 Å². The van der Waals surface area contributed by atoms with Gasteiger partial charge in [0.1, 0.15) is 6.10 Å². The fourth-order valence-electron chi connectivity index (χ4n) is 1.94. The lowest BCUT2D eigenvalue weighted by atomic mass is 10.1. The van der Waals surface area contributed by atoms with Gasteiger partial charge in [0.2, 0.25) is 6.79 Å². The Balaban J connectivity index is 2.13. The second kappa shape index (κ2) is 5.46. The van der Waals surface area contributed by atoms with Gasteiger partial charge in [-0.3, -0.25) is 4.79 Å². The lowest BCUT2D eigenvalue weighted by Gasteiger charge is -2.21. The van der Waals surface area contributed by atoms with Gasteiger partial charge >= 0.3 is 0 Å². The molecule has 0 radical (unpaired) electrons. The van der Waals surface area contributed by atoms with Gasteiger partial charge in [-0.05, 0) is 30.2 Å². The van der Waals surface area contributed by atoms with E-state index in [1.54, 1.807) is 7.05 Å². The summed E-state index contributed by atoms with van der Waals surface area (Å²) in [6, 6.07) is 3.74. The quantitative estimate of drug-likeness (QED) is 0.801. The van der Waals surface area contributed by atoms with Gasteiger partial charge in [-0.25, -0.2) is 0 Å². The molecule has 0 fully saturated rings. The van der Waals surface area contributed by atoms with E-state index >= 15 is 0 Å². The van der Waals surface area contributed by atoms with Crippen molar-refractivity contribution in [1.29, 1.82) is 0 Å². The Hall–Kier alpha value is -1.79. The molecule has 1 aliphatic rings. The molecule has 6 nitrogen and oxygen atoms in total. The molecule has 1 aliphatic heterocycles. The van der Waals surface area contributed by atoms with Crippen molar-refractivity contribution in [3.05, 3.63) is 23.3 Å². The molecule has 1 unspecified atom stereocenters. The second-order valence-electron chi connectivity index (χ2n) is 4.58. The Morgan fingerprint density at radius 3 is 2.74 bits per heavy atom. The van der Waals surface area contributed by atoms with Crippen molar-refractivity contribution in [2.24, 2.45) is 5.73 Å². The highest BCUT2D eigenvalue weighted by atomic mass is 16.7. The Morgan fingerprint density at radius 2 is 2.11 bits per heavy atom. The Bertz CT molecular complexity index is 490. The maximum absolute atomic E-state index is 11.8. The van der Waals surface area contributed by atoms with Crippen molar-refractivity contribution in [3.8, 4) is 11.5 Å². The van der Waals surface area contributed by atoms with Gasteiger partial charge in [-0.2, -0.15) is 0 Å². The third kappa shape index (κ3) is 2.80. The molecule has 3 N–H and O–H groups in total. The molecule has 0 aromatic heterocycles. The van der Waals surface area contributed by atoms with Crippen molar-refractivity contribution < 1.29 is 19.4 Å². The Morgan fingerprint density at radius 1 is 1.47 bits per heavy atom. The molecular formula is C13H18N2O4. The van der Waals surface area contributed by atoms with Crippen LogP contribution in [0, 0.1) is 6.92 Å². The number of rotatable bonds is 4. The third-order valence-corrected chi connectivity index (χ3v) is 3.12. The summed E-state index contributed by atoms with van der Waals surface area (Å²) in [5.74, 6) is 1.01. The summed E-state index contributed by atoms with van der Waals surface area (Å²) in [7, 11) is 1.63. The number of nitrogens with zero attached hydrogens (tertiary/aromatic N) is 1. The van der Waals surface area contributed by atoms with Crippen LogP contribution in [0.2, 0.25) is 0 Å². The zero-order chi connectivity index (χ0) is 14.0. The van der Waals surface area contributed by atoms with Crippen LogP contribution in [0.25, 0.3) is 0 Å². The predicted octanol–water partition coefficient (Wildman–Crippen LogP) is 0.00172. The van der Waals surface area contributed by atoms with Crippen LogP contribution in [0.15, 0.2) is 12.1 Å². The van der Waals surface area contributed by atoms with Crippen molar-refractivity contribution >= 4 is 5.91 Å². The molecule has 0 saturated heterocycles. The third-order valence-electron chi connectivity index (χ3n) is 3.12. The van der Waals surface area contributed by atoms with Gasteiger partial charge in [0.15, 0.2) is 11.5 Å². The molecule has 1 aromatic carbocycles. The van der Waals surface area contributed by atoms with Crippen LogP contribution in [0.3, 0.4) is 0 Å². The smallest absolute Gasteiger partial charge is 0.252 e. The lowest BCUT2D eigenvalue weighted by molar-refractivity contribution is -0.138. The van der Waals surface area contributed by atoms with Crippen LogP contribution < -0.4 is 15.2 Å². The Labute approximate surface area is 111 Å². The van der Waals surface area contributed by atoms with Crippen LogP contribution in [0.1, 0.15) is 11.1 Å². The lowest BCUT2D eigenvalue weighted by Crippen LogP contribution is -2.40. The van der Waals surface area contributed by atoms with Gasteiger partial charge < -0.3 is 25.2 Å². The van der Waals surface area contributed by atoms with Crippen LogP contribution in [0.5, 0.6) is 11.5 Å². The molecule has 19 heavy (non-hydrogen) atoms. The SMILES string of the molecule is Cc1cc2c(cc1CN(C)C(=O)C(O)CN)OCO2. The molecule has 1 atom stereocenters. The minimum atomic E-state index is -1.15. The number of ether oxygens (including phenoxy) is 2. The summed E-state index contributed by atoms with van der Waals surface area (Å²) in [5, 5.41) is 9.44. The average molecular weight is 266 g/mol. The number of benzene rings is 1. The van der Waals surface area contributed by atoms with Crippen LogP contribution in [-0.4, -0.2) is 42.4 Å². The summed E-state index contributed by atoms with van der Waals surface area (Å²) >= 11 is 0. The maximum Gasteiger partial charge on any atom is 0.252 e. The number of carbonyl (C=O) groups excluding carboxylic acids is 1. The minimum Gasteiger partial charge on any atom is -0.454 e. The minimum absolute atomic E-state index is 0.0801. The number of likely N-dealkylation sites (N-methyl/N-ethyl adjacent to an activating group) is 1. The van der Waals surface area contributed by atoms with E-state index in [-0.39, 0.29) is 19.2 Å². The molecule has 1 amide bonds. The summed E-state index contributed by atoms with van der Waals surface area (Å²) in [5.41, 5.74) is 7.23. The molecular weight excluding hydrogens is 248 g/mol. The first-order valence-electron chi connectivity index (χ1n) is 6.05. The van der Waals surface area contributed by atoms with Crippen LogP contribution in [0.4, 0.5) is 0 Å². The van der Waals surface area contributed by atoms with E-state index < -0.39 is 6.10 Å². The fraction of sp³-hybridized carbons (Fsp3) is 0.462. The standard InChI is InChI=1S/C13H18N2O4/c1-8-3-11-12(19-7-18-11)4-9(8)6-15(2)13(17)10(16)5-14/h3-4,10,16H,5-7,14H2,1-2H3. The first-order chi connectivity index (χ1) is 9.02. The van der Waals surface area contributed by atoms with Gasteiger partial charge in [0, 0.05) is 20.1 Å². The van der Waals surface area contributed by atoms with E-state index in [0.29, 0.717) is 12.3 Å². The summed E-state index contributed by atoms with van der Waals surface area (Å²) < 4.78 is 10.6. The number of aryl methyl sites for hydroxylation is 1. The predicted molar refractivity (Wildman–Crippen MR) is 68.8 cm³/mol. The van der Waals surface area contributed by atoms with E-state index in [1.165, 1.54) is 4.90 Å². The zero-order valence-corrected chi connectivity index (χ0v) is 11.0. The monoisotopic (exact) mass is 266 g/mol. The van der Waals surface area contributed by atoms with Crippen molar-refractivity contribution in [2.45, 2.75) is 19.6 Å². The maximum atomic E-state index is 11.8. The van der Waals surface area contributed by atoms with Crippen LogP contribution in [-0.2, 0) is 11.3 Å². The zero-order valence-electron chi connectivity index (χ0n) is 11.0.